The predicted octanol–water partition coefficient (Wildman–Crippen LogP) is 2.42. The minimum Gasteiger partial charge on any atom is -0.350 e. The number of primary amides is 1. The second-order valence-corrected chi connectivity index (χ2v) is 4.01. The summed E-state index contributed by atoms with van der Waals surface area (Å²) in [6.07, 6.45) is -1.34. The first kappa shape index (κ1) is 13.1. The van der Waals surface area contributed by atoms with Gasteiger partial charge in [-0.15, -0.1) is 0 Å². The van der Waals surface area contributed by atoms with E-state index in [1.807, 2.05) is 0 Å². The van der Waals surface area contributed by atoms with Gasteiger partial charge < -0.3 is 5.73 Å². The topological polar surface area (TPSA) is 60.9 Å². The summed E-state index contributed by atoms with van der Waals surface area (Å²) in [5.41, 5.74) is 5.41. The summed E-state index contributed by atoms with van der Waals surface area (Å²) in [4.78, 5) is 10.8. The lowest BCUT2D eigenvalue weighted by Crippen LogP contribution is -2.19. The summed E-state index contributed by atoms with van der Waals surface area (Å²) in [5, 5.41) is 3.70. The molecule has 0 aliphatic carbocycles. The highest BCUT2D eigenvalue weighted by molar-refractivity contribution is 5.73. The summed E-state index contributed by atoms with van der Waals surface area (Å²) < 4.78 is 38.6. The number of benzene rings is 1. The second kappa shape index (κ2) is 4.75. The molecule has 0 aliphatic rings. The molecular weight excluding hydrogens is 259 g/mol. The fourth-order valence-electron chi connectivity index (χ4n) is 1.67. The van der Waals surface area contributed by atoms with Crippen molar-refractivity contribution in [1.29, 1.82) is 0 Å². The number of hydrogen-bond donors (Lipinski definition) is 1. The van der Waals surface area contributed by atoms with Crippen molar-refractivity contribution in [2.24, 2.45) is 5.73 Å². The quantitative estimate of drug-likeness (QED) is 0.910. The molecule has 19 heavy (non-hydrogen) atoms. The van der Waals surface area contributed by atoms with Gasteiger partial charge in [0.15, 0.2) is 0 Å². The van der Waals surface area contributed by atoms with Crippen LogP contribution in [0.1, 0.15) is 16.7 Å². The van der Waals surface area contributed by atoms with E-state index < -0.39 is 17.8 Å². The Balaban J connectivity index is 2.21. The van der Waals surface area contributed by atoms with Gasteiger partial charge in [0.2, 0.25) is 0 Å². The largest absolute Gasteiger partial charge is 0.416 e. The molecule has 0 radical (unpaired) electrons. The molecule has 1 amide bonds. The summed E-state index contributed by atoms with van der Waals surface area (Å²) in [7, 11) is 0. The third kappa shape index (κ3) is 3.12. The number of carbonyl (C=O) groups is 1. The number of amides is 1. The number of nitrogens with zero attached hydrogens (tertiary/aromatic N) is 2. The van der Waals surface area contributed by atoms with E-state index in [-0.39, 0.29) is 6.42 Å². The molecule has 1 aromatic heterocycles. The highest BCUT2D eigenvalue weighted by atomic mass is 19.4. The number of alkyl halides is 3. The van der Waals surface area contributed by atoms with Gasteiger partial charge in [0.1, 0.15) is 0 Å². The first-order chi connectivity index (χ1) is 8.86. The maximum Gasteiger partial charge on any atom is 0.416 e. The summed E-state index contributed by atoms with van der Waals surface area (Å²) in [6.45, 7) is 0. The van der Waals surface area contributed by atoms with E-state index >= 15 is 0 Å². The Morgan fingerprint density at radius 3 is 2.63 bits per heavy atom. The standard InChI is InChI=1S/C12H10F3N3O/c13-12(14,15)10-3-1-2-8(5-10)4-9-6-17-18(7-9)11(16)19/h1-3,5-7H,4H2,(H2,16,19). The van der Waals surface area contributed by atoms with Crippen LogP contribution in [0.25, 0.3) is 0 Å². The molecule has 7 heteroatoms. The molecule has 0 aliphatic heterocycles. The Morgan fingerprint density at radius 1 is 1.32 bits per heavy atom. The van der Waals surface area contributed by atoms with Crippen molar-refractivity contribution in [3.8, 4) is 0 Å². The monoisotopic (exact) mass is 269 g/mol. The Kier molecular flexibility index (Phi) is 3.28. The Morgan fingerprint density at radius 2 is 2.05 bits per heavy atom. The van der Waals surface area contributed by atoms with E-state index in [1.165, 1.54) is 18.5 Å². The lowest BCUT2D eigenvalue weighted by Gasteiger charge is -2.07. The number of rotatable bonds is 2. The number of aromatic nitrogens is 2. The first-order valence-corrected chi connectivity index (χ1v) is 5.36. The van der Waals surface area contributed by atoms with Gasteiger partial charge in [-0.25, -0.2) is 4.79 Å². The zero-order valence-electron chi connectivity index (χ0n) is 9.69. The molecule has 1 heterocycles. The van der Waals surface area contributed by atoms with E-state index in [9.17, 15) is 18.0 Å². The molecule has 0 spiro atoms. The Labute approximate surface area is 106 Å². The molecule has 0 atom stereocenters. The van der Waals surface area contributed by atoms with Crippen molar-refractivity contribution in [3.05, 3.63) is 53.3 Å². The van der Waals surface area contributed by atoms with Gasteiger partial charge in [-0.2, -0.15) is 23.0 Å². The zero-order valence-corrected chi connectivity index (χ0v) is 9.69. The Bertz CT molecular complexity index is 604. The number of nitrogens with two attached hydrogens (primary N) is 1. The molecule has 4 nitrogen and oxygen atoms in total. The van der Waals surface area contributed by atoms with E-state index in [1.54, 1.807) is 6.07 Å². The van der Waals surface area contributed by atoms with Crippen LogP contribution >= 0.6 is 0 Å². The minimum absolute atomic E-state index is 0.247. The van der Waals surface area contributed by atoms with Crippen molar-refractivity contribution in [1.82, 2.24) is 9.78 Å². The van der Waals surface area contributed by atoms with Crippen LogP contribution in [0.5, 0.6) is 0 Å². The fourth-order valence-corrected chi connectivity index (χ4v) is 1.67. The molecule has 1 aromatic carbocycles. The van der Waals surface area contributed by atoms with Gasteiger partial charge in [0.25, 0.3) is 0 Å². The molecule has 0 bridgehead atoms. The Hall–Kier alpha value is -2.31. The van der Waals surface area contributed by atoms with Crippen molar-refractivity contribution in [2.45, 2.75) is 12.6 Å². The van der Waals surface area contributed by atoms with Crippen molar-refractivity contribution in [3.63, 3.8) is 0 Å². The van der Waals surface area contributed by atoms with Gasteiger partial charge in [-0.05, 0) is 17.2 Å². The molecule has 2 aromatic rings. The molecule has 0 unspecified atom stereocenters. The zero-order chi connectivity index (χ0) is 14.0. The maximum absolute atomic E-state index is 12.5. The van der Waals surface area contributed by atoms with Crippen molar-refractivity contribution in [2.75, 3.05) is 0 Å². The highest BCUT2D eigenvalue weighted by Crippen LogP contribution is 2.29. The van der Waals surface area contributed by atoms with E-state index in [0.29, 0.717) is 11.1 Å². The fraction of sp³-hybridized carbons (Fsp3) is 0.167. The average molecular weight is 269 g/mol. The third-order valence-electron chi connectivity index (χ3n) is 2.52. The summed E-state index contributed by atoms with van der Waals surface area (Å²) in [5.74, 6) is 0. The van der Waals surface area contributed by atoms with Crippen LogP contribution in [-0.4, -0.2) is 15.8 Å². The number of carbonyl (C=O) groups excluding carboxylic acids is 1. The van der Waals surface area contributed by atoms with Gasteiger partial charge in [-0.1, -0.05) is 18.2 Å². The predicted molar refractivity (Wildman–Crippen MR) is 61.5 cm³/mol. The molecule has 2 N–H and O–H groups in total. The number of hydrogen-bond acceptors (Lipinski definition) is 2. The van der Waals surface area contributed by atoms with Crippen molar-refractivity contribution >= 4 is 6.03 Å². The third-order valence-corrected chi connectivity index (χ3v) is 2.52. The van der Waals surface area contributed by atoms with E-state index in [0.717, 1.165) is 16.8 Å². The van der Waals surface area contributed by atoms with Gasteiger partial charge in [-0.3, -0.25) is 0 Å². The van der Waals surface area contributed by atoms with Crippen LogP contribution in [0.2, 0.25) is 0 Å². The highest BCUT2D eigenvalue weighted by Gasteiger charge is 2.30. The second-order valence-electron chi connectivity index (χ2n) is 4.01. The molecule has 0 fully saturated rings. The number of halogens is 3. The molecule has 2 rings (SSSR count). The van der Waals surface area contributed by atoms with Crippen molar-refractivity contribution < 1.29 is 18.0 Å². The summed E-state index contributed by atoms with van der Waals surface area (Å²) >= 11 is 0. The van der Waals surface area contributed by atoms with Crippen LogP contribution in [0.15, 0.2) is 36.7 Å². The van der Waals surface area contributed by atoms with Crippen LogP contribution in [0.3, 0.4) is 0 Å². The van der Waals surface area contributed by atoms with Gasteiger partial charge in [0.05, 0.1) is 11.8 Å². The lowest BCUT2D eigenvalue weighted by atomic mass is 10.1. The first-order valence-electron chi connectivity index (χ1n) is 5.36. The summed E-state index contributed by atoms with van der Waals surface area (Å²) in [6, 6.07) is 4.26. The van der Waals surface area contributed by atoms with Gasteiger partial charge in [0, 0.05) is 12.6 Å². The molecular formula is C12H10F3N3O. The van der Waals surface area contributed by atoms with Gasteiger partial charge >= 0.3 is 12.2 Å². The maximum atomic E-state index is 12.5. The normalized spacial score (nSPS) is 11.5. The van der Waals surface area contributed by atoms with Crippen LogP contribution < -0.4 is 5.73 Å². The SMILES string of the molecule is NC(=O)n1cc(Cc2cccc(C(F)(F)F)c2)cn1. The average Bonchev–Trinajstić information content (AvgIpc) is 2.77. The smallest absolute Gasteiger partial charge is 0.350 e. The van der Waals surface area contributed by atoms with Crippen LogP contribution in [0, 0.1) is 0 Å². The van der Waals surface area contributed by atoms with Crippen LogP contribution in [-0.2, 0) is 12.6 Å². The molecule has 0 saturated heterocycles. The van der Waals surface area contributed by atoms with E-state index in [2.05, 4.69) is 5.10 Å². The molecule has 0 saturated carbocycles. The van der Waals surface area contributed by atoms with Crippen LogP contribution in [0.4, 0.5) is 18.0 Å². The minimum atomic E-state index is -4.37. The molecule has 100 valence electrons. The van der Waals surface area contributed by atoms with E-state index in [4.69, 9.17) is 5.73 Å². The lowest BCUT2D eigenvalue weighted by molar-refractivity contribution is -0.137.